The van der Waals surface area contributed by atoms with Crippen LogP contribution in [0.25, 0.3) is 0 Å². The van der Waals surface area contributed by atoms with Crippen LogP contribution in [0.5, 0.6) is 0 Å². The van der Waals surface area contributed by atoms with Gasteiger partial charge in [0.2, 0.25) is 5.91 Å². The number of ether oxygens (including phenoxy) is 1. The number of hydrogen-bond acceptors (Lipinski definition) is 3. The number of hydrogen-bond donors (Lipinski definition) is 0. The Labute approximate surface area is 111 Å². The fraction of sp³-hybridized carbons (Fsp3) is 0.857. The van der Waals surface area contributed by atoms with E-state index < -0.39 is 0 Å². The number of carbonyl (C=O) groups is 2. The highest BCUT2D eigenvalue weighted by molar-refractivity contribution is 5.80. The summed E-state index contributed by atoms with van der Waals surface area (Å²) >= 11 is 0. The van der Waals surface area contributed by atoms with Gasteiger partial charge in [-0.3, -0.25) is 9.59 Å². The minimum Gasteiger partial charge on any atom is -0.464 e. The standard InChI is InChI=1S/C14H27NO3/c1-4-6-8-9-11-18-14(17)12-15(13(3)16)10-7-5-2/h4-12H2,1-3H3. The lowest BCUT2D eigenvalue weighted by atomic mass is 10.2. The number of amides is 1. The van der Waals surface area contributed by atoms with Crippen LogP contribution in [-0.2, 0) is 14.3 Å². The van der Waals surface area contributed by atoms with E-state index in [0.717, 1.165) is 25.7 Å². The molecule has 0 bridgehead atoms. The van der Waals surface area contributed by atoms with Crippen molar-refractivity contribution in [1.82, 2.24) is 4.90 Å². The Bertz CT molecular complexity index is 241. The van der Waals surface area contributed by atoms with Crippen molar-refractivity contribution in [2.24, 2.45) is 0 Å². The first-order valence-electron chi connectivity index (χ1n) is 7.02. The number of unbranched alkanes of at least 4 members (excludes halogenated alkanes) is 4. The molecule has 1 amide bonds. The zero-order chi connectivity index (χ0) is 13.8. The molecule has 0 aliphatic carbocycles. The Morgan fingerprint density at radius 1 is 1.00 bits per heavy atom. The molecule has 18 heavy (non-hydrogen) atoms. The van der Waals surface area contributed by atoms with E-state index in [4.69, 9.17) is 4.74 Å². The van der Waals surface area contributed by atoms with Crippen molar-refractivity contribution in [2.45, 2.75) is 59.3 Å². The average Bonchev–Trinajstić information content (AvgIpc) is 2.33. The summed E-state index contributed by atoms with van der Waals surface area (Å²) < 4.78 is 5.12. The first kappa shape index (κ1) is 16.9. The third-order valence-corrected chi connectivity index (χ3v) is 2.81. The fourth-order valence-corrected chi connectivity index (χ4v) is 1.61. The van der Waals surface area contributed by atoms with E-state index in [1.807, 2.05) is 0 Å². The summed E-state index contributed by atoms with van der Waals surface area (Å²) in [6.07, 6.45) is 6.28. The van der Waals surface area contributed by atoms with Gasteiger partial charge in [-0.1, -0.05) is 39.5 Å². The van der Waals surface area contributed by atoms with Gasteiger partial charge in [-0.25, -0.2) is 0 Å². The topological polar surface area (TPSA) is 46.6 Å². The second kappa shape index (κ2) is 11.1. The normalized spacial score (nSPS) is 10.2. The molecule has 0 rings (SSSR count). The molecule has 0 aromatic heterocycles. The molecule has 0 unspecified atom stereocenters. The fourth-order valence-electron chi connectivity index (χ4n) is 1.61. The molecule has 0 spiro atoms. The van der Waals surface area contributed by atoms with Gasteiger partial charge in [0.05, 0.1) is 6.61 Å². The number of esters is 1. The van der Waals surface area contributed by atoms with Crippen LogP contribution >= 0.6 is 0 Å². The molecule has 0 saturated heterocycles. The maximum Gasteiger partial charge on any atom is 0.325 e. The highest BCUT2D eigenvalue weighted by Crippen LogP contribution is 2.00. The van der Waals surface area contributed by atoms with E-state index in [0.29, 0.717) is 13.2 Å². The Hall–Kier alpha value is -1.06. The number of carbonyl (C=O) groups excluding carboxylic acids is 2. The summed E-state index contributed by atoms with van der Waals surface area (Å²) in [6, 6.07) is 0. The second-order valence-corrected chi connectivity index (χ2v) is 4.58. The highest BCUT2D eigenvalue weighted by atomic mass is 16.5. The molecule has 0 aliphatic heterocycles. The molecule has 0 fully saturated rings. The van der Waals surface area contributed by atoms with Crippen molar-refractivity contribution in [3.05, 3.63) is 0 Å². The van der Waals surface area contributed by atoms with Gasteiger partial charge in [-0.05, 0) is 12.8 Å². The molecule has 0 saturated carbocycles. The van der Waals surface area contributed by atoms with E-state index in [1.54, 1.807) is 4.90 Å². The minimum atomic E-state index is -0.294. The Morgan fingerprint density at radius 2 is 1.67 bits per heavy atom. The van der Waals surface area contributed by atoms with Crippen LogP contribution in [0.4, 0.5) is 0 Å². The molecule has 0 aromatic rings. The maximum absolute atomic E-state index is 11.5. The van der Waals surface area contributed by atoms with E-state index >= 15 is 0 Å². The van der Waals surface area contributed by atoms with Crippen LogP contribution in [0.1, 0.15) is 59.3 Å². The Balaban J connectivity index is 3.77. The lowest BCUT2D eigenvalue weighted by Gasteiger charge is -2.19. The van der Waals surface area contributed by atoms with Crippen molar-refractivity contribution in [2.75, 3.05) is 19.7 Å². The zero-order valence-electron chi connectivity index (χ0n) is 12.0. The van der Waals surface area contributed by atoms with Gasteiger partial charge in [0, 0.05) is 13.5 Å². The Morgan fingerprint density at radius 3 is 2.22 bits per heavy atom. The van der Waals surface area contributed by atoms with Gasteiger partial charge in [0.15, 0.2) is 0 Å². The monoisotopic (exact) mass is 257 g/mol. The zero-order valence-corrected chi connectivity index (χ0v) is 12.0. The lowest BCUT2D eigenvalue weighted by Crippen LogP contribution is -2.35. The van der Waals surface area contributed by atoms with Crippen LogP contribution in [-0.4, -0.2) is 36.5 Å². The van der Waals surface area contributed by atoms with Gasteiger partial charge in [-0.15, -0.1) is 0 Å². The van der Waals surface area contributed by atoms with Crippen molar-refractivity contribution in [3.8, 4) is 0 Å². The van der Waals surface area contributed by atoms with Crippen LogP contribution in [0, 0.1) is 0 Å². The summed E-state index contributed by atoms with van der Waals surface area (Å²) in [5.74, 6) is -0.357. The smallest absolute Gasteiger partial charge is 0.325 e. The predicted molar refractivity (Wildman–Crippen MR) is 72.3 cm³/mol. The summed E-state index contributed by atoms with van der Waals surface area (Å²) in [4.78, 5) is 24.4. The molecule has 106 valence electrons. The van der Waals surface area contributed by atoms with Crippen molar-refractivity contribution < 1.29 is 14.3 Å². The third-order valence-electron chi connectivity index (χ3n) is 2.81. The second-order valence-electron chi connectivity index (χ2n) is 4.58. The van der Waals surface area contributed by atoms with E-state index in [9.17, 15) is 9.59 Å². The molecule has 4 heteroatoms. The van der Waals surface area contributed by atoms with Crippen molar-refractivity contribution in [1.29, 1.82) is 0 Å². The van der Waals surface area contributed by atoms with E-state index in [-0.39, 0.29) is 18.4 Å². The first-order chi connectivity index (χ1) is 8.61. The third kappa shape index (κ3) is 9.02. The van der Waals surface area contributed by atoms with Crippen molar-refractivity contribution in [3.63, 3.8) is 0 Å². The van der Waals surface area contributed by atoms with E-state index in [2.05, 4.69) is 13.8 Å². The minimum absolute atomic E-state index is 0.0635. The maximum atomic E-state index is 11.5. The molecule has 4 nitrogen and oxygen atoms in total. The largest absolute Gasteiger partial charge is 0.464 e. The molecule has 0 N–H and O–H groups in total. The first-order valence-corrected chi connectivity index (χ1v) is 7.02. The molecular formula is C14H27NO3. The molecule has 0 aliphatic rings. The number of nitrogens with zero attached hydrogens (tertiary/aromatic N) is 1. The van der Waals surface area contributed by atoms with Crippen LogP contribution in [0.15, 0.2) is 0 Å². The van der Waals surface area contributed by atoms with Crippen LogP contribution < -0.4 is 0 Å². The van der Waals surface area contributed by atoms with Crippen LogP contribution in [0.3, 0.4) is 0 Å². The van der Waals surface area contributed by atoms with Gasteiger partial charge in [0.1, 0.15) is 6.54 Å². The average molecular weight is 257 g/mol. The molecular weight excluding hydrogens is 230 g/mol. The van der Waals surface area contributed by atoms with E-state index in [1.165, 1.54) is 19.8 Å². The molecule has 0 aromatic carbocycles. The summed E-state index contributed by atoms with van der Waals surface area (Å²) in [7, 11) is 0. The summed E-state index contributed by atoms with van der Waals surface area (Å²) in [5, 5.41) is 0. The van der Waals surface area contributed by atoms with Crippen molar-refractivity contribution >= 4 is 11.9 Å². The highest BCUT2D eigenvalue weighted by Gasteiger charge is 2.13. The molecule has 0 heterocycles. The lowest BCUT2D eigenvalue weighted by molar-refractivity contribution is -0.149. The molecule has 0 radical (unpaired) electrons. The van der Waals surface area contributed by atoms with Gasteiger partial charge in [-0.2, -0.15) is 0 Å². The van der Waals surface area contributed by atoms with Gasteiger partial charge >= 0.3 is 5.97 Å². The van der Waals surface area contributed by atoms with Gasteiger partial charge in [0.25, 0.3) is 0 Å². The Kier molecular flexibility index (Phi) is 10.4. The number of rotatable bonds is 10. The molecule has 0 atom stereocenters. The summed E-state index contributed by atoms with van der Waals surface area (Å²) in [6.45, 7) is 6.89. The quantitative estimate of drug-likeness (QED) is 0.446. The van der Waals surface area contributed by atoms with Gasteiger partial charge < -0.3 is 9.64 Å². The van der Waals surface area contributed by atoms with Crippen LogP contribution in [0.2, 0.25) is 0 Å². The summed E-state index contributed by atoms with van der Waals surface area (Å²) in [5.41, 5.74) is 0. The SMILES string of the molecule is CCCCCCOC(=O)CN(CCCC)C(C)=O. The predicted octanol–water partition coefficient (Wildman–Crippen LogP) is 2.76.